The Morgan fingerprint density at radius 3 is 2.36 bits per heavy atom. The van der Waals surface area contributed by atoms with Gasteiger partial charge < -0.3 is 5.32 Å². The Morgan fingerprint density at radius 1 is 0.909 bits per heavy atom. The summed E-state index contributed by atoms with van der Waals surface area (Å²) in [4.78, 5) is 0. The molecule has 2 atom stereocenters. The van der Waals surface area contributed by atoms with Crippen LogP contribution in [0.3, 0.4) is 0 Å². The predicted octanol–water partition coefficient (Wildman–Crippen LogP) is 1.90. The summed E-state index contributed by atoms with van der Waals surface area (Å²) in [5.74, 6) is 2.14. The molecule has 66 valence electrons. The maximum absolute atomic E-state index is 3.48. The van der Waals surface area contributed by atoms with Crippen molar-refractivity contribution < 1.29 is 0 Å². The molecule has 1 nitrogen and oxygen atoms in total. The Hall–Kier alpha value is 0.310. The van der Waals surface area contributed by atoms with E-state index >= 15 is 0 Å². The van der Waals surface area contributed by atoms with Crippen LogP contribution in [-0.4, -0.2) is 13.1 Å². The van der Waals surface area contributed by atoms with Gasteiger partial charge in [0.05, 0.1) is 0 Å². The van der Waals surface area contributed by atoms with Crippen LogP contribution < -0.4 is 5.32 Å². The smallest absolute Gasteiger partial charge is 0.00179 e. The van der Waals surface area contributed by atoms with Gasteiger partial charge in [0.15, 0.2) is 0 Å². The molecule has 0 spiro atoms. The molecular weight excluding hydrogens is 154 g/mol. The summed E-state index contributed by atoms with van der Waals surface area (Å²) in [5, 5.41) is 3.48. The van der Waals surface area contributed by atoms with E-state index in [1.54, 1.807) is 0 Å². The van der Waals surface area contributed by atoms with Crippen molar-refractivity contribution in [3.63, 3.8) is 0 Å². The van der Waals surface area contributed by atoms with Crippen LogP contribution in [-0.2, 0) is 0 Å². The second kappa shape index (κ2) is 4.36. The molecule has 0 amide bonds. The van der Waals surface area contributed by atoms with Gasteiger partial charge in [0.1, 0.15) is 0 Å². The lowest BCUT2D eigenvalue weighted by Gasteiger charge is -2.35. The molecule has 1 saturated heterocycles. The monoisotopic (exact) mass is 173 g/mol. The summed E-state index contributed by atoms with van der Waals surface area (Å²) < 4.78 is 0. The number of rotatable bonds is 0. The fourth-order valence-corrected chi connectivity index (χ4v) is 2.51. The van der Waals surface area contributed by atoms with Gasteiger partial charge in [0.25, 0.3) is 0 Å². The lowest BCUT2D eigenvalue weighted by atomic mass is 9.76. The molecule has 0 aromatic heterocycles. The summed E-state index contributed by atoms with van der Waals surface area (Å²) in [7, 11) is 0. The summed E-state index contributed by atoms with van der Waals surface area (Å²) >= 11 is 0. The quantitative estimate of drug-likeness (QED) is 0.590. The maximum Gasteiger partial charge on any atom is -0.00179 e. The third-order valence-electron chi connectivity index (χ3n) is 3.16. The highest BCUT2D eigenvalue weighted by molar-refractivity contribution is 7.59. The third-order valence-corrected chi connectivity index (χ3v) is 3.16. The van der Waals surface area contributed by atoms with Crippen LogP contribution in [0, 0.1) is 11.8 Å². The van der Waals surface area contributed by atoms with Crippen LogP contribution in [0.4, 0.5) is 0 Å². The summed E-state index contributed by atoms with van der Waals surface area (Å²) in [5.41, 5.74) is 0. The summed E-state index contributed by atoms with van der Waals surface area (Å²) in [6.45, 7) is 2.59. The van der Waals surface area contributed by atoms with Gasteiger partial charge in [0.2, 0.25) is 0 Å². The molecular formula is C9H19NS. The van der Waals surface area contributed by atoms with E-state index in [1.165, 1.54) is 45.2 Å². The van der Waals surface area contributed by atoms with Crippen molar-refractivity contribution in [1.29, 1.82) is 0 Å². The van der Waals surface area contributed by atoms with Gasteiger partial charge in [-0.2, -0.15) is 13.5 Å². The highest BCUT2D eigenvalue weighted by Gasteiger charge is 2.26. The molecule has 0 aromatic rings. The first-order chi connectivity index (χ1) is 4.97. The van der Waals surface area contributed by atoms with E-state index in [-0.39, 0.29) is 13.5 Å². The van der Waals surface area contributed by atoms with E-state index in [4.69, 9.17) is 0 Å². The topological polar surface area (TPSA) is 12.0 Å². The number of piperidine rings is 1. The molecule has 2 heteroatoms. The molecule has 1 saturated carbocycles. The zero-order chi connectivity index (χ0) is 6.81. The first kappa shape index (κ1) is 9.40. The molecule has 0 aromatic carbocycles. The van der Waals surface area contributed by atoms with Crippen molar-refractivity contribution in [3.8, 4) is 0 Å². The Bertz CT molecular complexity index is 90.1. The van der Waals surface area contributed by atoms with Crippen molar-refractivity contribution >= 4 is 13.5 Å². The molecule has 0 radical (unpaired) electrons. The number of hydrogen-bond acceptors (Lipinski definition) is 1. The molecule has 11 heavy (non-hydrogen) atoms. The zero-order valence-electron chi connectivity index (χ0n) is 7.10. The van der Waals surface area contributed by atoms with Gasteiger partial charge in [-0.05, 0) is 37.8 Å². The fourth-order valence-electron chi connectivity index (χ4n) is 2.51. The van der Waals surface area contributed by atoms with E-state index in [0.717, 1.165) is 11.8 Å². The standard InChI is InChI=1S/C9H17N.H2S/c1-2-4-9-7-10-6-5-8(9)3-1;/h8-10H,1-7H2;1H2/t8-,9-;/m1./s1. The maximum atomic E-state index is 3.48. The van der Waals surface area contributed by atoms with Gasteiger partial charge in [0, 0.05) is 0 Å². The number of fused-ring (bicyclic) bond motifs is 1. The zero-order valence-corrected chi connectivity index (χ0v) is 8.10. The molecule has 1 aliphatic carbocycles. The van der Waals surface area contributed by atoms with E-state index in [9.17, 15) is 0 Å². The molecule has 1 N–H and O–H groups in total. The van der Waals surface area contributed by atoms with Gasteiger partial charge in [-0.3, -0.25) is 0 Å². The summed E-state index contributed by atoms with van der Waals surface area (Å²) in [6, 6.07) is 0. The largest absolute Gasteiger partial charge is 0.316 e. The Labute approximate surface area is 76.4 Å². The van der Waals surface area contributed by atoms with Crippen molar-refractivity contribution in [2.24, 2.45) is 11.8 Å². The van der Waals surface area contributed by atoms with Crippen LogP contribution in [0.5, 0.6) is 0 Å². The predicted molar refractivity (Wildman–Crippen MR) is 53.3 cm³/mol. The van der Waals surface area contributed by atoms with Crippen molar-refractivity contribution in [2.75, 3.05) is 13.1 Å². The minimum atomic E-state index is 0. The van der Waals surface area contributed by atoms with Crippen LogP contribution >= 0.6 is 13.5 Å². The van der Waals surface area contributed by atoms with Crippen LogP contribution in [0.15, 0.2) is 0 Å². The Morgan fingerprint density at radius 2 is 1.64 bits per heavy atom. The van der Waals surface area contributed by atoms with Crippen LogP contribution in [0.25, 0.3) is 0 Å². The van der Waals surface area contributed by atoms with Gasteiger partial charge in [-0.15, -0.1) is 0 Å². The minimum absolute atomic E-state index is 0. The molecule has 2 rings (SSSR count). The van der Waals surface area contributed by atoms with E-state index in [2.05, 4.69) is 5.32 Å². The first-order valence-corrected chi connectivity index (χ1v) is 4.67. The van der Waals surface area contributed by atoms with E-state index < -0.39 is 0 Å². The second-order valence-corrected chi connectivity index (χ2v) is 3.80. The fraction of sp³-hybridized carbons (Fsp3) is 1.00. The van der Waals surface area contributed by atoms with Crippen molar-refractivity contribution in [1.82, 2.24) is 5.32 Å². The summed E-state index contributed by atoms with van der Waals surface area (Å²) in [6.07, 6.45) is 7.46. The second-order valence-electron chi connectivity index (χ2n) is 3.80. The molecule has 0 bridgehead atoms. The molecule has 2 fully saturated rings. The third kappa shape index (κ3) is 2.12. The van der Waals surface area contributed by atoms with Gasteiger partial charge >= 0.3 is 0 Å². The van der Waals surface area contributed by atoms with E-state index in [1.807, 2.05) is 0 Å². The Balaban J connectivity index is 0.000000605. The lowest BCUT2D eigenvalue weighted by Crippen LogP contribution is -2.38. The molecule has 1 aliphatic heterocycles. The SMILES string of the molecule is C1CC[C@@H]2CNCC[C@H]2C1.S. The van der Waals surface area contributed by atoms with Crippen LogP contribution in [0.2, 0.25) is 0 Å². The molecule has 1 heterocycles. The lowest BCUT2D eigenvalue weighted by molar-refractivity contribution is 0.185. The number of nitrogens with one attached hydrogen (secondary N) is 1. The Kier molecular flexibility index (Phi) is 3.73. The highest BCUT2D eigenvalue weighted by atomic mass is 32.1. The average Bonchev–Trinajstić information content (AvgIpc) is 2.05. The van der Waals surface area contributed by atoms with Gasteiger partial charge in [-0.25, -0.2) is 0 Å². The average molecular weight is 173 g/mol. The molecule has 2 aliphatic rings. The number of hydrogen-bond donors (Lipinski definition) is 1. The van der Waals surface area contributed by atoms with Gasteiger partial charge in [-0.1, -0.05) is 19.3 Å². The van der Waals surface area contributed by atoms with Crippen molar-refractivity contribution in [3.05, 3.63) is 0 Å². The highest BCUT2D eigenvalue weighted by Crippen LogP contribution is 2.33. The van der Waals surface area contributed by atoms with Crippen molar-refractivity contribution in [2.45, 2.75) is 32.1 Å². The molecule has 0 unspecified atom stereocenters. The minimum Gasteiger partial charge on any atom is -0.316 e. The van der Waals surface area contributed by atoms with E-state index in [0.29, 0.717) is 0 Å². The normalized spacial score (nSPS) is 37.1. The van der Waals surface area contributed by atoms with Crippen LogP contribution in [0.1, 0.15) is 32.1 Å². The first-order valence-electron chi connectivity index (χ1n) is 4.67.